The lowest BCUT2D eigenvalue weighted by atomic mass is 9.75. The molecule has 3 N–H and O–H groups in total. The van der Waals surface area contributed by atoms with E-state index in [1.54, 1.807) is 13.1 Å². The van der Waals surface area contributed by atoms with Crippen LogP contribution < -0.4 is 11.4 Å². The highest BCUT2D eigenvalue weighted by Crippen LogP contribution is 2.43. The maximum Gasteiger partial charge on any atom is 0.349 e. The van der Waals surface area contributed by atoms with E-state index in [1.165, 1.54) is 10.6 Å². The number of piperidine rings is 1. The van der Waals surface area contributed by atoms with Crippen LogP contribution in [0, 0.1) is 0 Å². The van der Waals surface area contributed by atoms with Crippen LogP contribution in [-0.2, 0) is 23.0 Å². The summed E-state index contributed by atoms with van der Waals surface area (Å²) in [6.07, 6.45) is 4.08. The number of halogens is 1. The molecule has 2 aliphatic heterocycles. The van der Waals surface area contributed by atoms with Crippen molar-refractivity contribution in [2.75, 3.05) is 25.4 Å². The third kappa shape index (κ3) is 4.60. The lowest BCUT2D eigenvalue weighted by molar-refractivity contribution is -0.198. The number of hydrogen-bond acceptors (Lipinski definition) is 7. The van der Waals surface area contributed by atoms with Gasteiger partial charge in [0, 0.05) is 50.6 Å². The summed E-state index contributed by atoms with van der Waals surface area (Å²) in [5, 5.41) is 11.9. The van der Waals surface area contributed by atoms with Gasteiger partial charge in [0.1, 0.15) is 11.6 Å². The SMILES string of the molecule is Cn1c(CCC(=O)N2CCC3(CC2)C[C@@](C)(O)[C@H](n2ccc(N)nc2=O)CO3)nc2cc(Cl)ccc21. The monoisotopic (exact) mass is 514 g/mol. The number of likely N-dealkylation sites (tertiary alicyclic amines) is 1. The average molecular weight is 515 g/mol. The van der Waals surface area contributed by atoms with E-state index in [4.69, 9.17) is 22.1 Å². The molecule has 0 bridgehead atoms. The fourth-order valence-corrected chi connectivity index (χ4v) is 5.77. The number of aryl methyl sites for hydroxylation is 2. The summed E-state index contributed by atoms with van der Waals surface area (Å²) in [6, 6.07) is 6.57. The van der Waals surface area contributed by atoms with Gasteiger partial charge in [-0.15, -0.1) is 0 Å². The molecule has 2 aliphatic rings. The molecule has 1 aromatic carbocycles. The molecule has 2 fully saturated rings. The summed E-state index contributed by atoms with van der Waals surface area (Å²) in [6.45, 7) is 3.03. The highest BCUT2D eigenvalue weighted by molar-refractivity contribution is 6.31. The second-order valence-electron chi connectivity index (χ2n) is 10.2. The Morgan fingerprint density at radius 3 is 2.72 bits per heavy atom. The zero-order valence-electron chi connectivity index (χ0n) is 20.5. The molecule has 2 saturated heterocycles. The van der Waals surface area contributed by atoms with Gasteiger partial charge in [-0.1, -0.05) is 11.6 Å². The Labute approximate surface area is 213 Å². The Balaban J connectivity index is 1.19. The van der Waals surface area contributed by atoms with Crippen molar-refractivity contribution in [1.29, 1.82) is 0 Å². The van der Waals surface area contributed by atoms with Crippen LogP contribution in [0.2, 0.25) is 5.02 Å². The van der Waals surface area contributed by atoms with E-state index < -0.39 is 22.9 Å². The Hall–Kier alpha value is -2.95. The molecule has 0 aliphatic carbocycles. The van der Waals surface area contributed by atoms with Crippen LogP contribution >= 0.6 is 11.6 Å². The summed E-state index contributed by atoms with van der Waals surface area (Å²) < 4.78 is 9.66. The van der Waals surface area contributed by atoms with Gasteiger partial charge in [-0.05, 0) is 44.0 Å². The molecule has 1 amide bonds. The Bertz CT molecular complexity index is 1360. The number of carbonyl (C=O) groups excluding carboxylic acids is 1. The molecule has 1 spiro atoms. The zero-order valence-corrected chi connectivity index (χ0v) is 21.2. The van der Waals surface area contributed by atoms with E-state index >= 15 is 0 Å². The molecular formula is C25H31ClN6O4. The fourth-order valence-electron chi connectivity index (χ4n) is 5.61. The van der Waals surface area contributed by atoms with Crippen LogP contribution in [0.4, 0.5) is 5.82 Å². The summed E-state index contributed by atoms with van der Waals surface area (Å²) in [5.41, 5.74) is 5.20. The third-order valence-corrected chi connectivity index (χ3v) is 7.89. The van der Waals surface area contributed by atoms with Gasteiger partial charge in [0.15, 0.2) is 0 Å². The minimum absolute atomic E-state index is 0.0786. The van der Waals surface area contributed by atoms with Crippen LogP contribution in [0.5, 0.6) is 0 Å². The number of aliphatic hydroxyl groups is 1. The van der Waals surface area contributed by atoms with Gasteiger partial charge in [0.25, 0.3) is 0 Å². The Morgan fingerprint density at radius 2 is 2.03 bits per heavy atom. The van der Waals surface area contributed by atoms with Crippen LogP contribution in [0.15, 0.2) is 35.3 Å². The third-order valence-electron chi connectivity index (χ3n) is 7.66. The van der Waals surface area contributed by atoms with Crippen LogP contribution in [0.3, 0.4) is 0 Å². The molecule has 3 aromatic rings. The minimum Gasteiger partial charge on any atom is -0.388 e. The molecule has 2 atom stereocenters. The number of anilines is 1. The molecule has 10 nitrogen and oxygen atoms in total. The van der Waals surface area contributed by atoms with Crippen molar-refractivity contribution in [3.05, 3.63) is 51.8 Å². The van der Waals surface area contributed by atoms with Crippen LogP contribution in [0.25, 0.3) is 11.0 Å². The summed E-state index contributed by atoms with van der Waals surface area (Å²) in [4.78, 5) is 35.6. The van der Waals surface area contributed by atoms with Gasteiger partial charge in [-0.2, -0.15) is 4.98 Å². The van der Waals surface area contributed by atoms with Gasteiger partial charge in [0.05, 0.1) is 34.9 Å². The summed E-state index contributed by atoms with van der Waals surface area (Å²) in [5.74, 6) is 1.07. The maximum absolute atomic E-state index is 13.0. The lowest BCUT2D eigenvalue weighted by Gasteiger charge is -2.51. The van der Waals surface area contributed by atoms with E-state index in [0.29, 0.717) is 50.2 Å². The number of hydrogen-bond donors (Lipinski definition) is 2. The van der Waals surface area contributed by atoms with Crippen molar-refractivity contribution in [3.63, 3.8) is 0 Å². The van der Waals surface area contributed by atoms with E-state index in [9.17, 15) is 14.7 Å². The van der Waals surface area contributed by atoms with E-state index in [2.05, 4.69) is 9.97 Å². The fraction of sp³-hybridized carbons (Fsp3) is 0.520. The molecule has 192 valence electrons. The van der Waals surface area contributed by atoms with Gasteiger partial charge >= 0.3 is 5.69 Å². The quantitative estimate of drug-likeness (QED) is 0.545. The van der Waals surface area contributed by atoms with Gasteiger partial charge in [-0.3, -0.25) is 9.36 Å². The number of fused-ring (bicyclic) bond motifs is 1. The number of nitrogens with zero attached hydrogens (tertiary/aromatic N) is 5. The second kappa shape index (κ2) is 9.17. The minimum atomic E-state index is -1.17. The number of nitrogen functional groups attached to an aromatic ring is 1. The number of ether oxygens (including phenoxy) is 1. The number of carbonyl (C=O) groups is 1. The van der Waals surface area contributed by atoms with E-state index in [-0.39, 0.29) is 18.3 Å². The molecule has 0 radical (unpaired) electrons. The predicted molar refractivity (Wildman–Crippen MR) is 136 cm³/mol. The Kier molecular flexibility index (Phi) is 6.30. The maximum atomic E-state index is 13.0. The molecule has 36 heavy (non-hydrogen) atoms. The smallest absolute Gasteiger partial charge is 0.349 e. The van der Waals surface area contributed by atoms with Crippen molar-refractivity contribution in [1.82, 2.24) is 24.0 Å². The molecule has 0 unspecified atom stereocenters. The van der Waals surface area contributed by atoms with E-state index in [0.717, 1.165) is 16.9 Å². The Morgan fingerprint density at radius 1 is 1.28 bits per heavy atom. The van der Waals surface area contributed by atoms with Crippen LogP contribution in [0.1, 0.15) is 44.5 Å². The first-order chi connectivity index (χ1) is 17.1. The number of amides is 1. The number of rotatable bonds is 4. The first-order valence-electron chi connectivity index (χ1n) is 12.2. The molecule has 0 saturated carbocycles. The van der Waals surface area contributed by atoms with Crippen molar-refractivity contribution >= 4 is 34.4 Å². The molecular weight excluding hydrogens is 484 g/mol. The first kappa shape index (κ1) is 24.7. The second-order valence-corrected chi connectivity index (χ2v) is 10.6. The predicted octanol–water partition coefficient (Wildman–Crippen LogP) is 2.07. The first-order valence-corrected chi connectivity index (χ1v) is 12.5. The number of imidazole rings is 1. The average Bonchev–Trinajstić information content (AvgIpc) is 3.13. The largest absolute Gasteiger partial charge is 0.388 e. The van der Waals surface area contributed by atoms with Crippen molar-refractivity contribution in [2.24, 2.45) is 7.05 Å². The van der Waals surface area contributed by atoms with Gasteiger partial charge in [-0.25, -0.2) is 9.78 Å². The molecule has 11 heteroatoms. The van der Waals surface area contributed by atoms with Crippen LogP contribution in [-0.4, -0.2) is 65.9 Å². The normalized spacial score (nSPS) is 23.9. The summed E-state index contributed by atoms with van der Waals surface area (Å²) in [7, 11) is 1.95. The van der Waals surface area contributed by atoms with Crippen molar-refractivity contribution < 1.29 is 14.6 Å². The standard InChI is InChI=1S/C25H31ClN6O4/c1-24(35)15-25(36-14-19(24)32-10-7-20(27)29-23(32)34)8-11-31(12-9-25)22(33)6-5-21-28-17-13-16(26)3-4-18(17)30(21)2/h3-4,7,10,13,19,35H,5-6,8-9,11-12,14-15H2,1-2H3,(H2,27,29,34)/t19-,24-/m1/s1. The molecule has 2 aromatic heterocycles. The molecule has 4 heterocycles. The number of aromatic nitrogens is 4. The highest BCUT2D eigenvalue weighted by atomic mass is 35.5. The van der Waals surface area contributed by atoms with Gasteiger partial charge in [0.2, 0.25) is 5.91 Å². The lowest BCUT2D eigenvalue weighted by Crippen LogP contribution is -2.59. The number of nitrogens with two attached hydrogens (primary N) is 1. The van der Waals surface area contributed by atoms with Crippen molar-refractivity contribution in [2.45, 2.75) is 56.3 Å². The summed E-state index contributed by atoms with van der Waals surface area (Å²) >= 11 is 6.08. The zero-order chi connectivity index (χ0) is 25.7. The number of benzene rings is 1. The van der Waals surface area contributed by atoms with Gasteiger partial charge < -0.3 is 25.0 Å². The topological polar surface area (TPSA) is 128 Å². The highest BCUT2D eigenvalue weighted by Gasteiger charge is 2.50. The van der Waals surface area contributed by atoms with Crippen molar-refractivity contribution in [3.8, 4) is 0 Å². The van der Waals surface area contributed by atoms with E-state index in [1.807, 2.05) is 34.7 Å². The molecule has 5 rings (SSSR count).